The van der Waals surface area contributed by atoms with Crippen molar-refractivity contribution in [1.82, 2.24) is 0 Å². The zero-order valence-corrected chi connectivity index (χ0v) is 17.3. The third kappa shape index (κ3) is 4.23. The highest BCUT2D eigenvalue weighted by Crippen LogP contribution is 2.27. The van der Waals surface area contributed by atoms with E-state index in [4.69, 9.17) is 0 Å². The molecule has 7 nitrogen and oxygen atoms in total. The number of anilines is 1. The van der Waals surface area contributed by atoms with Crippen LogP contribution in [-0.2, 0) is 16.4 Å². The van der Waals surface area contributed by atoms with E-state index in [2.05, 4.69) is 0 Å². The maximum absolute atomic E-state index is 13.4. The van der Waals surface area contributed by atoms with E-state index in [1.807, 2.05) is 13.8 Å². The summed E-state index contributed by atoms with van der Waals surface area (Å²) in [7, 11) is -4.21. The lowest BCUT2D eigenvalue weighted by Crippen LogP contribution is -2.37. The third-order valence-corrected chi connectivity index (χ3v) is 6.37. The first-order valence-corrected chi connectivity index (χ1v) is 10.7. The van der Waals surface area contributed by atoms with Gasteiger partial charge in [-0.3, -0.25) is 14.9 Å². The molecule has 0 radical (unpaired) electrons. The van der Waals surface area contributed by atoms with Gasteiger partial charge in [-0.1, -0.05) is 36.8 Å². The van der Waals surface area contributed by atoms with E-state index >= 15 is 0 Å². The molecule has 8 heteroatoms. The standard InChI is InChI=1S/C22H20N2O5S/c1-3-17-6-10-19(11-7-17)23(30(28,29)21-14-4-16(2)5-15-21)22(25)18-8-12-20(13-9-18)24(26)27/h4-15H,3H2,1-2H3. The van der Waals surface area contributed by atoms with Gasteiger partial charge in [-0.2, -0.15) is 4.31 Å². The summed E-state index contributed by atoms with van der Waals surface area (Å²) >= 11 is 0. The first-order chi connectivity index (χ1) is 14.2. The SMILES string of the molecule is CCc1ccc(N(C(=O)c2ccc([N+](=O)[O-])cc2)S(=O)(=O)c2ccc(C)cc2)cc1. The predicted octanol–water partition coefficient (Wildman–Crippen LogP) is 4.50. The molecule has 0 aliphatic heterocycles. The van der Waals surface area contributed by atoms with E-state index in [0.29, 0.717) is 0 Å². The minimum absolute atomic E-state index is 0.0239. The predicted molar refractivity (Wildman–Crippen MR) is 114 cm³/mol. The number of nitrogens with zero attached hydrogens (tertiary/aromatic N) is 2. The van der Waals surface area contributed by atoms with Crippen molar-refractivity contribution < 1.29 is 18.1 Å². The molecule has 0 aliphatic carbocycles. The van der Waals surface area contributed by atoms with E-state index in [-0.39, 0.29) is 21.8 Å². The van der Waals surface area contributed by atoms with Crippen LogP contribution < -0.4 is 4.31 Å². The summed E-state index contributed by atoms with van der Waals surface area (Å²) in [6.45, 7) is 3.80. The highest BCUT2D eigenvalue weighted by Gasteiger charge is 2.32. The highest BCUT2D eigenvalue weighted by molar-refractivity contribution is 7.93. The number of carbonyl (C=O) groups is 1. The first-order valence-electron chi connectivity index (χ1n) is 9.23. The van der Waals surface area contributed by atoms with Gasteiger partial charge >= 0.3 is 0 Å². The van der Waals surface area contributed by atoms with Crippen LogP contribution >= 0.6 is 0 Å². The average Bonchev–Trinajstić information content (AvgIpc) is 2.74. The zero-order chi connectivity index (χ0) is 21.9. The van der Waals surface area contributed by atoms with Crippen molar-refractivity contribution in [3.63, 3.8) is 0 Å². The molecule has 0 heterocycles. The number of carbonyl (C=O) groups excluding carboxylic acids is 1. The van der Waals surface area contributed by atoms with E-state index in [9.17, 15) is 23.3 Å². The highest BCUT2D eigenvalue weighted by atomic mass is 32.2. The maximum Gasteiger partial charge on any atom is 0.272 e. The minimum atomic E-state index is -4.21. The van der Waals surface area contributed by atoms with Crippen molar-refractivity contribution >= 4 is 27.3 Å². The van der Waals surface area contributed by atoms with Crippen LogP contribution in [-0.4, -0.2) is 19.2 Å². The molecule has 0 spiro atoms. The van der Waals surface area contributed by atoms with Gasteiger partial charge in [-0.15, -0.1) is 0 Å². The topological polar surface area (TPSA) is 97.6 Å². The Hall–Kier alpha value is -3.52. The summed E-state index contributed by atoms with van der Waals surface area (Å²) in [6.07, 6.45) is 0.765. The lowest BCUT2D eigenvalue weighted by molar-refractivity contribution is -0.384. The smallest absolute Gasteiger partial charge is 0.268 e. The van der Waals surface area contributed by atoms with Crippen molar-refractivity contribution in [2.24, 2.45) is 0 Å². The minimum Gasteiger partial charge on any atom is -0.268 e. The fourth-order valence-corrected chi connectivity index (χ4v) is 4.30. The largest absolute Gasteiger partial charge is 0.272 e. The number of hydrogen-bond donors (Lipinski definition) is 0. The molecule has 3 aromatic carbocycles. The van der Waals surface area contributed by atoms with Gasteiger partial charge in [-0.25, -0.2) is 8.42 Å². The van der Waals surface area contributed by atoms with Crippen LogP contribution in [0.1, 0.15) is 28.4 Å². The molecule has 0 aliphatic rings. The molecule has 30 heavy (non-hydrogen) atoms. The van der Waals surface area contributed by atoms with Gasteiger partial charge in [0.1, 0.15) is 0 Å². The Bertz CT molecular complexity index is 1170. The lowest BCUT2D eigenvalue weighted by atomic mass is 10.1. The molecule has 0 N–H and O–H groups in total. The van der Waals surface area contributed by atoms with Crippen molar-refractivity contribution in [2.45, 2.75) is 25.2 Å². The Morgan fingerprint density at radius 2 is 1.50 bits per heavy atom. The summed E-state index contributed by atoms with van der Waals surface area (Å²) < 4.78 is 27.5. The average molecular weight is 424 g/mol. The summed E-state index contributed by atoms with van der Waals surface area (Å²) in [6, 6.07) is 17.7. The molecular weight excluding hydrogens is 404 g/mol. The van der Waals surface area contributed by atoms with E-state index in [1.54, 1.807) is 36.4 Å². The van der Waals surface area contributed by atoms with E-state index < -0.39 is 20.9 Å². The summed E-state index contributed by atoms with van der Waals surface area (Å²) in [5.41, 5.74) is 1.91. The van der Waals surface area contributed by atoms with Gasteiger partial charge in [-0.05, 0) is 55.3 Å². The normalized spacial score (nSPS) is 11.1. The number of aryl methyl sites for hydroxylation is 2. The number of benzene rings is 3. The second-order valence-corrected chi connectivity index (χ2v) is 8.50. The maximum atomic E-state index is 13.4. The van der Waals surface area contributed by atoms with E-state index in [1.165, 1.54) is 36.4 Å². The Labute approximate surface area is 174 Å². The number of nitro groups is 1. The van der Waals surface area contributed by atoms with Crippen LogP contribution in [0.15, 0.2) is 77.7 Å². The number of non-ortho nitro benzene ring substituents is 1. The van der Waals surface area contributed by atoms with Crippen LogP contribution in [0.4, 0.5) is 11.4 Å². The van der Waals surface area contributed by atoms with Gasteiger partial charge < -0.3 is 0 Å². The zero-order valence-electron chi connectivity index (χ0n) is 16.5. The molecule has 154 valence electrons. The number of amides is 1. The summed E-state index contributed by atoms with van der Waals surface area (Å²) in [4.78, 5) is 23.5. The molecule has 0 saturated heterocycles. The van der Waals surface area contributed by atoms with Gasteiger partial charge in [0, 0.05) is 17.7 Å². The van der Waals surface area contributed by atoms with Crippen molar-refractivity contribution in [1.29, 1.82) is 0 Å². The van der Waals surface area contributed by atoms with Crippen molar-refractivity contribution in [2.75, 3.05) is 4.31 Å². The third-order valence-electron chi connectivity index (χ3n) is 4.65. The molecule has 1 amide bonds. The second kappa shape index (κ2) is 8.46. The van der Waals surface area contributed by atoms with Crippen LogP contribution in [0.25, 0.3) is 0 Å². The molecular formula is C22H20N2O5S. The summed E-state index contributed by atoms with van der Waals surface area (Å²) in [5, 5.41) is 10.9. The Kier molecular flexibility index (Phi) is 5.98. The van der Waals surface area contributed by atoms with Crippen molar-refractivity contribution in [3.8, 4) is 0 Å². The number of nitro benzene ring substituents is 1. The van der Waals surface area contributed by atoms with Crippen LogP contribution in [0.5, 0.6) is 0 Å². The number of sulfonamides is 1. The fraction of sp³-hybridized carbons (Fsp3) is 0.136. The molecule has 0 fully saturated rings. The van der Waals surface area contributed by atoms with Gasteiger partial charge in [0.05, 0.1) is 15.5 Å². The summed E-state index contributed by atoms with van der Waals surface area (Å²) in [5.74, 6) is -0.797. The Morgan fingerprint density at radius 3 is 2.00 bits per heavy atom. The Balaban J connectivity index is 2.12. The van der Waals surface area contributed by atoms with E-state index in [0.717, 1.165) is 21.9 Å². The van der Waals surface area contributed by atoms with Crippen molar-refractivity contribution in [3.05, 3.63) is 99.6 Å². The lowest BCUT2D eigenvalue weighted by Gasteiger charge is -2.23. The Morgan fingerprint density at radius 1 is 0.933 bits per heavy atom. The fourth-order valence-electron chi connectivity index (χ4n) is 2.89. The van der Waals surface area contributed by atoms with Gasteiger partial charge in [0.15, 0.2) is 0 Å². The second-order valence-electron chi connectivity index (χ2n) is 6.71. The van der Waals surface area contributed by atoms with Crippen LogP contribution in [0.2, 0.25) is 0 Å². The quantitative estimate of drug-likeness (QED) is 0.429. The number of hydrogen-bond acceptors (Lipinski definition) is 5. The van der Waals surface area contributed by atoms with Crippen LogP contribution in [0.3, 0.4) is 0 Å². The molecule has 0 saturated carbocycles. The molecule has 0 unspecified atom stereocenters. The monoisotopic (exact) mass is 424 g/mol. The van der Waals surface area contributed by atoms with Gasteiger partial charge in [0.25, 0.3) is 21.6 Å². The molecule has 0 bridgehead atoms. The molecule has 0 atom stereocenters. The first kappa shape index (κ1) is 21.2. The molecule has 0 aromatic heterocycles. The van der Waals surface area contributed by atoms with Crippen LogP contribution in [0, 0.1) is 17.0 Å². The molecule has 3 aromatic rings. The number of rotatable bonds is 6. The van der Waals surface area contributed by atoms with Gasteiger partial charge in [0.2, 0.25) is 0 Å². The molecule has 3 rings (SSSR count).